The van der Waals surface area contributed by atoms with Gasteiger partial charge in [-0.15, -0.1) is 0 Å². The van der Waals surface area contributed by atoms with E-state index in [4.69, 9.17) is 4.74 Å². The summed E-state index contributed by atoms with van der Waals surface area (Å²) in [4.78, 5) is 24.9. The molecule has 1 fully saturated rings. The molecule has 0 aromatic carbocycles. The minimum atomic E-state index is -0.611. The van der Waals surface area contributed by atoms with Crippen LogP contribution < -0.4 is 0 Å². The molecule has 1 atom stereocenters. The number of carbonyl (C=O) groups is 2. The van der Waals surface area contributed by atoms with Gasteiger partial charge in [0.15, 0.2) is 0 Å². The number of nitrogens with zero attached hydrogens (tertiary/aromatic N) is 1. The third kappa shape index (κ3) is 3.57. The monoisotopic (exact) mass is 229 g/mol. The molecule has 1 heterocycles. The highest BCUT2D eigenvalue weighted by Gasteiger charge is 2.33. The molecular formula is C11H19NO4. The first-order valence-electron chi connectivity index (χ1n) is 5.59. The van der Waals surface area contributed by atoms with Crippen molar-refractivity contribution in [3.8, 4) is 0 Å². The van der Waals surface area contributed by atoms with Gasteiger partial charge in [-0.05, 0) is 6.92 Å². The van der Waals surface area contributed by atoms with Gasteiger partial charge in [-0.3, -0.25) is 14.5 Å². The quantitative estimate of drug-likeness (QED) is 0.380. The standard InChI is InChI=1S/C11H19NO4/c1-3-16-7-6-12-5-4-10(13)9(8-12)11(14)15-2/h9H,3-8H2,1-2H3/t9-/m1/s1. The van der Waals surface area contributed by atoms with E-state index in [1.165, 1.54) is 7.11 Å². The van der Waals surface area contributed by atoms with Crippen LogP contribution in [0.4, 0.5) is 0 Å². The van der Waals surface area contributed by atoms with Crippen molar-refractivity contribution >= 4 is 11.8 Å². The number of hydrogen-bond acceptors (Lipinski definition) is 5. The summed E-state index contributed by atoms with van der Waals surface area (Å²) in [5, 5.41) is 0. The molecule has 0 radical (unpaired) electrons. The predicted octanol–water partition coefficient (Wildman–Crippen LogP) is 0.0869. The van der Waals surface area contributed by atoms with Crippen molar-refractivity contribution in [2.24, 2.45) is 5.92 Å². The van der Waals surface area contributed by atoms with E-state index in [2.05, 4.69) is 9.64 Å². The summed E-state index contributed by atoms with van der Waals surface area (Å²) in [6, 6.07) is 0. The fraction of sp³-hybridized carbons (Fsp3) is 0.818. The molecule has 1 rings (SSSR count). The Morgan fingerprint density at radius 1 is 1.56 bits per heavy atom. The molecule has 92 valence electrons. The van der Waals surface area contributed by atoms with Crippen LogP contribution in [0, 0.1) is 5.92 Å². The minimum absolute atomic E-state index is 0.0143. The van der Waals surface area contributed by atoms with Crippen molar-refractivity contribution in [3.05, 3.63) is 0 Å². The molecule has 1 aliphatic rings. The minimum Gasteiger partial charge on any atom is -0.468 e. The number of methoxy groups -OCH3 is 1. The lowest BCUT2D eigenvalue weighted by Gasteiger charge is -2.30. The van der Waals surface area contributed by atoms with Crippen molar-refractivity contribution in [1.29, 1.82) is 0 Å². The van der Waals surface area contributed by atoms with E-state index in [0.29, 0.717) is 32.7 Å². The van der Waals surface area contributed by atoms with Crippen LogP contribution in [-0.4, -0.2) is 56.6 Å². The highest BCUT2D eigenvalue weighted by molar-refractivity contribution is 5.99. The first-order chi connectivity index (χ1) is 7.69. The van der Waals surface area contributed by atoms with E-state index in [1.54, 1.807) is 0 Å². The fourth-order valence-electron chi connectivity index (χ4n) is 1.78. The Bertz CT molecular complexity index is 246. The van der Waals surface area contributed by atoms with Crippen molar-refractivity contribution in [2.45, 2.75) is 13.3 Å². The Morgan fingerprint density at radius 2 is 2.31 bits per heavy atom. The molecule has 0 unspecified atom stereocenters. The molecule has 0 aromatic heterocycles. The number of Topliss-reactive ketones (excluding diaryl/α,β-unsaturated/α-hetero) is 1. The normalized spacial score (nSPS) is 22.1. The number of ketones is 1. The average Bonchev–Trinajstić information content (AvgIpc) is 2.30. The fourth-order valence-corrected chi connectivity index (χ4v) is 1.78. The molecule has 0 aliphatic carbocycles. The lowest BCUT2D eigenvalue weighted by Crippen LogP contribution is -2.45. The summed E-state index contributed by atoms with van der Waals surface area (Å²) >= 11 is 0. The van der Waals surface area contributed by atoms with E-state index < -0.39 is 11.9 Å². The Labute approximate surface area is 95.7 Å². The SMILES string of the molecule is CCOCCN1CCC(=O)[C@H](C(=O)OC)C1. The number of esters is 1. The van der Waals surface area contributed by atoms with Crippen LogP contribution in [0.1, 0.15) is 13.3 Å². The zero-order valence-corrected chi connectivity index (χ0v) is 9.90. The molecule has 1 saturated heterocycles. The van der Waals surface area contributed by atoms with E-state index in [9.17, 15) is 9.59 Å². The van der Waals surface area contributed by atoms with Crippen LogP contribution in [0.5, 0.6) is 0 Å². The zero-order valence-electron chi connectivity index (χ0n) is 9.90. The number of piperidine rings is 1. The summed E-state index contributed by atoms with van der Waals surface area (Å²) < 4.78 is 9.86. The van der Waals surface area contributed by atoms with Crippen LogP contribution in [-0.2, 0) is 19.1 Å². The Balaban J connectivity index is 2.41. The molecule has 0 aromatic rings. The summed E-state index contributed by atoms with van der Waals surface area (Å²) in [6.45, 7) is 5.19. The highest BCUT2D eigenvalue weighted by Crippen LogP contribution is 2.14. The first-order valence-corrected chi connectivity index (χ1v) is 5.59. The van der Waals surface area contributed by atoms with E-state index >= 15 is 0 Å². The Morgan fingerprint density at radius 3 is 2.94 bits per heavy atom. The number of carbonyl (C=O) groups excluding carboxylic acids is 2. The van der Waals surface area contributed by atoms with Crippen LogP contribution in [0.3, 0.4) is 0 Å². The first kappa shape index (κ1) is 13.1. The largest absolute Gasteiger partial charge is 0.468 e. The van der Waals surface area contributed by atoms with Gasteiger partial charge in [-0.25, -0.2) is 0 Å². The molecule has 5 nitrogen and oxygen atoms in total. The van der Waals surface area contributed by atoms with Crippen molar-refractivity contribution in [1.82, 2.24) is 4.90 Å². The zero-order chi connectivity index (χ0) is 12.0. The number of hydrogen-bond donors (Lipinski definition) is 0. The van der Waals surface area contributed by atoms with Crippen LogP contribution in [0.2, 0.25) is 0 Å². The highest BCUT2D eigenvalue weighted by atomic mass is 16.5. The van der Waals surface area contributed by atoms with E-state index in [1.807, 2.05) is 6.92 Å². The van der Waals surface area contributed by atoms with Crippen LogP contribution >= 0.6 is 0 Å². The third-order valence-electron chi connectivity index (χ3n) is 2.75. The molecule has 1 aliphatic heterocycles. The summed E-state index contributed by atoms with van der Waals surface area (Å²) in [6.07, 6.45) is 0.423. The maximum Gasteiger partial charge on any atom is 0.317 e. The summed E-state index contributed by atoms with van der Waals surface area (Å²) in [5.74, 6) is -1.05. The van der Waals surface area contributed by atoms with Crippen molar-refractivity contribution in [2.75, 3.05) is 40.0 Å². The third-order valence-corrected chi connectivity index (χ3v) is 2.75. The lowest BCUT2D eigenvalue weighted by molar-refractivity contribution is -0.152. The molecule has 0 bridgehead atoms. The van der Waals surface area contributed by atoms with E-state index in [-0.39, 0.29) is 5.78 Å². The second-order valence-electron chi connectivity index (χ2n) is 3.79. The predicted molar refractivity (Wildman–Crippen MR) is 58.1 cm³/mol. The van der Waals surface area contributed by atoms with Gasteiger partial charge in [0.2, 0.25) is 0 Å². The molecule has 0 N–H and O–H groups in total. The summed E-state index contributed by atoms with van der Waals surface area (Å²) in [5.41, 5.74) is 0. The van der Waals surface area contributed by atoms with Gasteiger partial charge in [0, 0.05) is 32.7 Å². The molecule has 0 saturated carbocycles. The van der Waals surface area contributed by atoms with Gasteiger partial charge < -0.3 is 9.47 Å². The topological polar surface area (TPSA) is 55.8 Å². The van der Waals surface area contributed by atoms with Gasteiger partial charge in [0.05, 0.1) is 13.7 Å². The smallest absolute Gasteiger partial charge is 0.317 e. The number of likely N-dealkylation sites (tertiary alicyclic amines) is 1. The van der Waals surface area contributed by atoms with Gasteiger partial charge in [-0.2, -0.15) is 0 Å². The van der Waals surface area contributed by atoms with Crippen molar-refractivity contribution in [3.63, 3.8) is 0 Å². The number of rotatable bonds is 5. The second kappa shape index (κ2) is 6.60. The average molecular weight is 229 g/mol. The number of ether oxygens (including phenoxy) is 2. The Kier molecular flexibility index (Phi) is 5.42. The molecule has 16 heavy (non-hydrogen) atoms. The van der Waals surface area contributed by atoms with Crippen LogP contribution in [0.25, 0.3) is 0 Å². The van der Waals surface area contributed by atoms with Gasteiger partial charge in [0.25, 0.3) is 0 Å². The molecular weight excluding hydrogens is 210 g/mol. The Hall–Kier alpha value is -0.940. The molecule has 0 amide bonds. The van der Waals surface area contributed by atoms with E-state index in [0.717, 1.165) is 6.54 Å². The summed E-state index contributed by atoms with van der Waals surface area (Å²) in [7, 11) is 1.31. The second-order valence-corrected chi connectivity index (χ2v) is 3.79. The molecule has 5 heteroatoms. The maximum absolute atomic E-state index is 11.5. The van der Waals surface area contributed by atoms with Crippen LogP contribution in [0.15, 0.2) is 0 Å². The van der Waals surface area contributed by atoms with Gasteiger partial charge in [-0.1, -0.05) is 0 Å². The van der Waals surface area contributed by atoms with Gasteiger partial charge in [0.1, 0.15) is 11.7 Å². The van der Waals surface area contributed by atoms with Gasteiger partial charge >= 0.3 is 5.97 Å². The maximum atomic E-state index is 11.5. The molecule has 0 spiro atoms. The van der Waals surface area contributed by atoms with Crippen molar-refractivity contribution < 1.29 is 19.1 Å². The lowest BCUT2D eigenvalue weighted by atomic mass is 9.97.